The molecule has 10 heteroatoms. The summed E-state index contributed by atoms with van der Waals surface area (Å²) in [5, 5.41) is 4.81. The number of aryl methyl sites for hydroxylation is 1. The highest BCUT2D eigenvalue weighted by Gasteiger charge is 2.24. The number of imide groups is 1. The van der Waals surface area contributed by atoms with Gasteiger partial charge in [0.25, 0.3) is 0 Å². The molecule has 1 aromatic carbocycles. The lowest BCUT2D eigenvalue weighted by molar-refractivity contribution is -0.121. The number of amides is 3. The molecule has 1 aromatic rings. The van der Waals surface area contributed by atoms with Gasteiger partial charge in [0.1, 0.15) is 0 Å². The minimum Gasteiger partial charge on any atom is -0.383 e. The largest absolute Gasteiger partial charge is 0.383 e. The fourth-order valence-electron chi connectivity index (χ4n) is 3.17. The van der Waals surface area contributed by atoms with Crippen molar-refractivity contribution in [3.05, 3.63) is 29.8 Å². The number of ether oxygens (including phenoxy) is 1. The monoisotopic (exact) mass is 426 g/mol. The number of likely N-dealkylation sites (tertiary alicyclic amines) is 1. The number of carbonyl (C=O) groups excluding carboxylic acids is 2. The molecule has 1 atom stereocenters. The number of benzene rings is 1. The summed E-state index contributed by atoms with van der Waals surface area (Å²) in [6, 6.07) is 6.16. The summed E-state index contributed by atoms with van der Waals surface area (Å²) in [6.45, 7) is 4.33. The average Bonchev–Trinajstić information content (AvgIpc) is 2.67. The van der Waals surface area contributed by atoms with Crippen molar-refractivity contribution in [1.82, 2.24) is 20.3 Å². The molecular weight excluding hydrogens is 396 g/mol. The van der Waals surface area contributed by atoms with Gasteiger partial charge in [0.15, 0.2) is 0 Å². The number of nitrogens with zero attached hydrogens (tertiary/aromatic N) is 1. The Morgan fingerprint density at radius 1 is 1.24 bits per heavy atom. The highest BCUT2D eigenvalue weighted by molar-refractivity contribution is 7.89. The average molecular weight is 427 g/mol. The van der Waals surface area contributed by atoms with Crippen LogP contribution in [0.3, 0.4) is 0 Å². The minimum absolute atomic E-state index is 0.0961. The van der Waals surface area contributed by atoms with Crippen molar-refractivity contribution in [1.29, 1.82) is 0 Å². The summed E-state index contributed by atoms with van der Waals surface area (Å²) in [6.07, 6.45) is 1.75. The second kappa shape index (κ2) is 11.2. The summed E-state index contributed by atoms with van der Waals surface area (Å²) in [5.74, 6) is -0.284. The van der Waals surface area contributed by atoms with Crippen molar-refractivity contribution in [2.75, 3.05) is 46.4 Å². The second-order valence-electron chi connectivity index (χ2n) is 7.21. The lowest BCUT2D eigenvalue weighted by atomic mass is 9.98. The molecule has 1 aliphatic heterocycles. The van der Waals surface area contributed by atoms with Gasteiger partial charge in [0.05, 0.1) is 18.0 Å². The van der Waals surface area contributed by atoms with E-state index < -0.39 is 16.1 Å². The van der Waals surface area contributed by atoms with Crippen LogP contribution >= 0.6 is 0 Å². The van der Waals surface area contributed by atoms with Gasteiger partial charge in [-0.25, -0.2) is 17.9 Å². The van der Waals surface area contributed by atoms with Crippen LogP contribution in [-0.4, -0.2) is 71.7 Å². The third-order valence-corrected chi connectivity index (χ3v) is 6.15. The van der Waals surface area contributed by atoms with Crippen LogP contribution in [0.25, 0.3) is 0 Å². The van der Waals surface area contributed by atoms with Crippen LogP contribution in [0.5, 0.6) is 0 Å². The highest BCUT2D eigenvalue weighted by Crippen LogP contribution is 2.17. The standard InChI is InChI=1S/C19H30N4O5S/c1-15-5-7-17(8-6-15)29(26,27)21-12-16-4-3-10-23(13-16)14-18(24)22-19(25)20-9-11-28-2/h5-8,16,21H,3-4,9-14H2,1-2H3,(H2,20,22,24,25). The molecule has 0 aromatic heterocycles. The van der Waals surface area contributed by atoms with Crippen molar-refractivity contribution in [2.45, 2.75) is 24.7 Å². The molecule has 0 spiro atoms. The summed E-state index contributed by atoms with van der Waals surface area (Å²) >= 11 is 0. The van der Waals surface area contributed by atoms with Crippen molar-refractivity contribution in [2.24, 2.45) is 5.92 Å². The zero-order chi connectivity index (χ0) is 21.3. The molecule has 0 bridgehead atoms. The fraction of sp³-hybridized carbons (Fsp3) is 0.579. The molecule has 3 amide bonds. The van der Waals surface area contributed by atoms with E-state index >= 15 is 0 Å². The third kappa shape index (κ3) is 8.09. The molecule has 0 saturated carbocycles. The van der Waals surface area contributed by atoms with Crippen LogP contribution in [0.2, 0.25) is 0 Å². The number of hydrogen-bond acceptors (Lipinski definition) is 6. The minimum atomic E-state index is -3.55. The number of urea groups is 1. The van der Waals surface area contributed by atoms with Gasteiger partial charge in [0.2, 0.25) is 15.9 Å². The molecule has 1 fully saturated rings. The van der Waals surface area contributed by atoms with Gasteiger partial charge < -0.3 is 10.1 Å². The van der Waals surface area contributed by atoms with Crippen LogP contribution in [0, 0.1) is 12.8 Å². The number of nitrogens with one attached hydrogen (secondary N) is 3. The summed E-state index contributed by atoms with van der Waals surface area (Å²) in [5.41, 5.74) is 0.998. The lowest BCUT2D eigenvalue weighted by Crippen LogP contribution is -2.48. The maximum absolute atomic E-state index is 12.4. The first kappa shape index (κ1) is 23.3. The Kier molecular flexibility index (Phi) is 9.02. The molecule has 0 radical (unpaired) electrons. The molecule has 1 saturated heterocycles. The van der Waals surface area contributed by atoms with Crippen LogP contribution in [-0.2, 0) is 19.6 Å². The van der Waals surface area contributed by atoms with Crippen LogP contribution in [0.15, 0.2) is 29.2 Å². The number of sulfonamides is 1. The number of rotatable bonds is 9. The van der Waals surface area contributed by atoms with E-state index in [-0.39, 0.29) is 23.3 Å². The van der Waals surface area contributed by atoms with Gasteiger partial charge in [0, 0.05) is 26.7 Å². The Hall–Kier alpha value is -2.01. The molecule has 29 heavy (non-hydrogen) atoms. The molecule has 1 unspecified atom stereocenters. The Balaban J connectivity index is 1.77. The first-order valence-electron chi connectivity index (χ1n) is 9.65. The topological polar surface area (TPSA) is 117 Å². The van der Waals surface area contributed by atoms with Crippen LogP contribution in [0.4, 0.5) is 4.79 Å². The number of methoxy groups -OCH3 is 1. The first-order valence-corrected chi connectivity index (χ1v) is 11.1. The number of hydrogen-bond donors (Lipinski definition) is 3. The van der Waals surface area contributed by atoms with Crippen molar-refractivity contribution < 1.29 is 22.7 Å². The lowest BCUT2D eigenvalue weighted by Gasteiger charge is -2.32. The molecule has 0 aliphatic carbocycles. The van der Waals surface area contributed by atoms with E-state index in [9.17, 15) is 18.0 Å². The SMILES string of the molecule is COCCNC(=O)NC(=O)CN1CCCC(CNS(=O)(=O)c2ccc(C)cc2)C1. The van der Waals surface area contributed by atoms with Crippen LogP contribution < -0.4 is 15.4 Å². The molecule has 1 aliphatic rings. The van der Waals surface area contributed by atoms with Gasteiger partial charge >= 0.3 is 6.03 Å². The van der Waals surface area contributed by atoms with E-state index in [0.29, 0.717) is 26.2 Å². The molecule has 1 heterocycles. The smallest absolute Gasteiger partial charge is 0.321 e. The van der Waals surface area contributed by atoms with Gasteiger partial charge in [-0.2, -0.15) is 0 Å². The van der Waals surface area contributed by atoms with Gasteiger partial charge in [-0.3, -0.25) is 15.0 Å². The molecule has 2 rings (SSSR count). The Morgan fingerprint density at radius 3 is 2.66 bits per heavy atom. The van der Waals surface area contributed by atoms with Crippen molar-refractivity contribution in [3.63, 3.8) is 0 Å². The Bertz CT molecular complexity index is 782. The van der Waals surface area contributed by atoms with E-state index in [2.05, 4.69) is 15.4 Å². The van der Waals surface area contributed by atoms with Crippen molar-refractivity contribution in [3.8, 4) is 0 Å². The zero-order valence-electron chi connectivity index (χ0n) is 16.9. The third-order valence-electron chi connectivity index (χ3n) is 4.71. The second-order valence-corrected chi connectivity index (χ2v) is 8.97. The van der Waals surface area contributed by atoms with Crippen LogP contribution in [0.1, 0.15) is 18.4 Å². The first-order chi connectivity index (χ1) is 13.8. The Labute approximate surface area is 172 Å². The van der Waals surface area contributed by atoms with Gasteiger partial charge in [-0.05, 0) is 44.4 Å². The van der Waals surface area contributed by atoms with E-state index in [1.807, 2.05) is 11.8 Å². The molecule has 3 N–H and O–H groups in total. The van der Waals surface area contributed by atoms with E-state index in [0.717, 1.165) is 24.9 Å². The summed E-state index contributed by atoms with van der Waals surface area (Å²) in [7, 11) is -2.03. The predicted octanol–water partition coefficient (Wildman–Crippen LogP) is 0.458. The van der Waals surface area contributed by atoms with E-state index in [1.54, 1.807) is 24.3 Å². The maximum atomic E-state index is 12.4. The molecule has 162 valence electrons. The summed E-state index contributed by atoms with van der Waals surface area (Å²) in [4.78, 5) is 25.8. The van der Waals surface area contributed by atoms with Gasteiger partial charge in [-0.15, -0.1) is 0 Å². The quantitative estimate of drug-likeness (QED) is 0.494. The van der Waals surface area contributed by atoms with Gasteiger partial charge in [-0.1, -0.05) is 17.7 Å². The fourth-order valence-corrected chi connectivity index (χ4v) is 4.29. The van der Waals surface area contributed by atoms with E-state index in [4.69, 9.17) is 4.74 Å². The zero-order valence-corrected chi connectivity index (χ0v) is 17.8. The van der Waals surface area contributed by atoms with Crippen molar-refractivity contribution >= 4 is 22.0 Å². The summed E-state index contributed by atoms with van der Waals surface area (Å²) < 4.78 is 32.4. The van der Waals surface area contributed by atoms with E-state index in [1.165, 1.54) is 7.11 Å². The maximum Gasteiger partial charge on any atom is 0.321 e. The number of piperidine rings is 1. The number of carbonyl (C=O) groups is 2. The Morgan fingerprint density at radius 2 is 1.97 bits per heavy atom. The predicted molar refractivity (Wildman–Crippen MR) is 109 cm³/mol. The highest BCUT2D eigenvalue weighted by atomic mass is 32.2. The molecular formula is C19H30N4O5S. The normalized spacial score (nSPS) is 17.7. The molecule has 9 nitrogen and oxygen atoms in total.